The van der Waals surface area contributed by atoms with Crippen molar-refractivity contribution in [2.24, 2.45) is 7.05 Å². The number of hydrazine groups is 1. The van der Waals surface area contributed by atoms with Crippen molar-refractivity contribution in [1.29, 1.82) is 0 Å². The summed E-state index contributed by atoms with van der Waals surface area (Å²) in [5.41, 5.74) is 4.49. The molecular weight excluding hydrogens is 504 g/mol. The zero-order chi connectivity index (χ0) is 27.8. The summed E-state index contributed by atoms with van der Waals surface area (Å²) in [4.78, 5) is 36.2. The number of carbonyl (C=O) groups is 2. The average Bonchev–Trinajstić information content (AvgIpc) is 3.36. The molecule has 4 aromatic rings. The van der Waals surface area contributed by atoms with Gasteiger partial charge in [0.2, 0.25) is 5.91 Å². The highest BCUT2D eigenvalue weighted by atomic mass is 16.2. The Bertz CT molecular complexity index is 1540. The third-order valence-electron chi connectivity index (χ3n) is 7.86. The van der Waals surface area contributed by atoms with Gasteiger partial charge in [-0.25, -0.2) is 14.7 Å². The molecule has 2 amide bonds. The van der Waals surface area contributed by atoms with Crippen molar-refractivity contribution in [3.05, 3.63) is 102 Å². The van der Waals surface area contributed by atoms with Crippen LogP contribution in [0.25, 0.3) is 11.0 Å². The molecule has 10 nitrogen and oxygen atoms in total. The first-order chi connectivity index (χ1) is 19.5. The molecule has 0 radical (unpaired) electrons. The lowest BCUT2D eigenvalue weighted by Crippen LogP contribution is -2.74. The summed E-state index contributed by atoms with van der Waals surface area (Å²) in [7, 11) is 1.86. The lowest BCUT2D eigenvalue weighted by Gasteiger charge is -2.57. The van der Waals surface area contributed by atoms with Crippen molar-refractivity contribution < 1.29 is 9.59 Å². The van der Waals surface area contributed by atoms with Crippen LogP contribution in [-0.4, -0.2) is 76.9 Å². The Morgan fingerprint density at radius 2 is 1.73 bits per heavy atom. The molecule has 6 rings (SSSR count). The van der Waals surface area contributed by atoms with Crippen LogP contribution in [0.3, 0.4) is 0 Å². The van der Waals surface area contributed by atoms with E-state index in [9.17, 15) is 9.59 Å². The van der Waals surface area contributed by atoms with Gasteiger partial charge < -0.3 is 9.80 Å². The van der Waals surface area contributed by atoms with E-state index in [1.165, 1.54) is 0 Å². The second kappa shape index (κ2) is 10.6. The summed E-state index contributed by atoms with van der Waals surface area (Å²) >= 11 is 0. The predicted molar refractivity (Wildman–Crippen MR) is 150 cm³/mol. The van der Waals surface area contributed by atoms with Crippen molar-refractivity contribution >= 4 is 22.8 Å². The molecule has 0 N–H and O–H groups in total. The van der Waals surface area contributed by atoms with Crippen molar-refractivity contribution in [3.63, 3.8) is 0 Å². The predicted octanol–water partition coefficient (Wildman–Crippen LogP) is 2.91. The first-order valence-electron chi connectivity index (χ1n) is 13.4. The van der Waals surface area contributed by atoms with E-state index in [1.54, 1.807) is 22.0 Å². The molecule has 1 unspecified atom stereocenters. The zero-order valence-corrected chi connectivity index (χ0v) is 22.7. The third-order valence-corrected chi connectivity index (χ3v) is 7.86. The Morgan fingerprint density at radius 3 is 2.48 bits per heavy atom. The summed E-state index contributed by atoms with van der Waals surface area (Å²) in [5.74, 6) is -0.172. The molecule has 4 heterocycles. The van der Waals surface area contributed by atoms with Crippen LogP contribution in [0.5, 0.6) is 0 Å². The van der Waals surface area contributed by atoms with Gasteiger partial charge in [0.1, 0.15) is 23.8 Å². The van der Waals surface area contributed by atoms with E-state index in [0.717, 1.165) is 27.7 Å². The molecule has 0 bridgehead atoms. The number of aryl methyl sites for hydroxylation is 1. The van der Waals surface area contributed by atoms with Crippen LogP contribution >= 0.6 is 0 Å². The van der Waals surface area contributed by atoms with E-state index in [1.807, 2.05) is 85.6 Å². The van der Waals surface area contributed by atoms with Crippen molar-refractivity contribution in [2.75, 3.05) is 13.1 Å². The summed E-state index contributed by atoms with van der Waals surface area (Å²) in [6.07, 6.45) is 4.98. The van der Waals surface area contributed by atoms with Gasteiger partial charge in [0.15, 0.2) is 0 Å². The monoisotopic (exact) mass is 536 g/mol. The fourth-order valence-electron chi connectivity index (χ4n) is 5.96. The Balaban J connectivity index is 1.45. The molecule has 204 valence electrons. The van der Waals surface area contributed by atoms with Gasteiger partial charge in [-0.05, 0) is 41.8 Å². The Labute approximate surface area is 233 Å². The van der Waals surface area contributed by atoms with Crippen molar-refractivity contribution in [2.45, 2.75) is 38.3 Å². The second-order valence-electron chi connectivity index (χ2n) is 10.3. The number of hydrogen-bond donors (Lipinski definition) is 0. The minimum absolute atomic E-state index is 0.0717. The van der Waals surface area contributed by atoms with Crippen LogP contribution in [0.15, 0.2) is 85.7 Å². The standard InChI is InChI=1S/C30H32N8O2/c1-4-17-36-21(2)29(39)38-26(37(36)18-22-13-15-31-16-14-22)20-35(30(40)28(38)23-9-6-5-7-10-23)19-24-11-8-12-25-27(24)34(3)33-32-25/h4-16,21,26,28H,1,17-20H2,2-3H3/t21?,26-,28+/m1/s1. The maximum Gasteiger partial charge on any atom is 0.250 e. The van der Waals surface area contributed by atoms with E-state index in [2.05, 4.69) is 31.9 Å². The van der Waals surface area contributed by atoms with Crippen molar-refractivity contribution in [1.82, 2.24) is 39.8 Å². The average molecular weight is 537 g/mol. The number of aromatic nitrogens is 4. The topological polar surface area (TPSA) is 90.7 Å². The van der Waals surface area contributed by atoms with E-state index in [-0.39, 0.29) is 18.0 Å². The summed E-state index contributed by atoms with van der Waals surface area (Å²) in [5, 5.41) is 12.7. The number of benzene rings is 2. The zero-order valence-electron chi connectivity index (χ0n) is 22.7. The molecule has 2 fully saturated rings. The number of piperazine rings is 1. The van der Waals surface area contributed by atoms with Gasteiger partial charge in [-0.1, -0.05) is 53.8 Å². The number of nitrogens with zero attached hydrogens (tertiary/aromatic N) is 8. The van der Waals surface area contributed by atoms with Crippen LogP contribution in [0, 0.1) is 0 Å². The van der Waals surface area contributed by atoms with Gasteiger partial charge in [-0.3, -0.25) is 14.6 Å². The number of fused-ring (bicyclic) bond motifs is 2. The fourth-order valence-corrected chi connectivity index (χ4v) is 5.96. The Hall–Kier alpha value is -4.41. The molecule has 2 aromatic heterocycles. The van der Waals surface area contributed by atoms with Crippen LogP contribution in [0.1, 0.15) is 29.7 Å². The fraction of sp³-hybridized carbons (Fsp3) is 0.300. The summed E-state index contributed by atoms with van der Waals surface area (Å²) in [6, 6.07) is 18.2. The Morgan fingerprint density at radius 1 is 0.950 bits per heavy atom. The SMILES string of the molecule is C=CCN1C(C)C(=O)N2[C@@H](c3ccccc3)C(=O)N(Cc3cccc4nnn(C)c34)C[C@@H]2N1Cc1ccncc1. The Kier molecular flexibility index (Phi) is 6.87. The number of pyridine rings is 1. The smallest absolute Gasteiger partial charge is 0.250 e. The van der Waals surface area contributed by atoms with Gasteiger partial charge in [0.25, 0.3) is 5.91 Å². The molecule has 0 saturated carbocycles. The number of para-hydroxylation sites is 1. The lowest BCUT2D eigenvalue weighted by molar-refractivity contribution is -0.217. The van der Waals surface area contributed by atoms with E-state index in [4.69, 9.17) is 0 Å². The highest BCUT2D eigenvalue weighted by molar-refractivity contribution is 5.92. The first kappa shape index (κ1) is 25.8. The quantitative estimate of drug-likeness (QED) is 0.336. The first-order valence-corrected chi connectivity index (χ1v) is 13.4. The van der Waals surface area contributed by atoms with Gasteiger partial charge in [-0.15, -0.1) is 11.7 Å². The summed E-state index contributed by atoms with van der Waals surface area (Å²) < 4.78 is 1.74. The molecule has 0 aliphatic carbocycles. The van der Waals surface area contributed by atoms with E-state index >= 15 is 0 Å². The molecule has 2 aromatic carbocycles. The number of rotatable bonds is 7. The van der Waals surface area contributed by atoms with Gasteiger partial charge in [-0.2, -0.15) is 0 Å². The lowest BCUT2D eigenvalue weighted by atomic mass is 9.96. The second-order valence-corrected chi connectivity index (χ2v) is 10.3. The minimum atomic E-state index is -0.746. The normalized spacial score (nSPS) is 22.1. The molecule has 2 aliphatic rings. The number of amides is 2. The van der Waals surface area contributed by atoms with Gasteiger partial charge in [0, 0.05) is 39.1 Å². The summed E-state index contributed by atoms with van der Waals surface area (Å²) in [6.45, 7) is 7.64. The molecule has 0 spiro atoms. The van der Waals surface area contributed by atoms with Gasteiger partial charge in [0.05, 0.1) is 12.1 Å². The van der Waals surface area contributed by atoms with Crippen LogP contribution < -0.4 is 0 Å². The maximum atomic E-state index is 14.3. The highest BCUT2D eigenvalue weighted by Gasteiger charge is 2.52. The molecule has 2 saturated heterocycles. The number of hydrogen-bond acceptors (Lipinski definition) is 7. The maximum absolute atomic E-state index is 14.3. The van der Waals surface area contributed by atoms with Crippen LogP contribution in [-0.2, 0) is 29.7 Å². The van der Waals surface area contributed by atoms with Crippen LogP contribution in [0.4, 0.5) is 0 Å². The molecule has 40 heavy (non-hydrogen) atoms. The highest BCUT2D eigenvalue weighted by Crippen LogP contribution is 2.38. The molecule has 10 heteroatoms. The van der Waals surface area contributed by atoms with Crippen LogP contribution in [0.2, 0.25) is 0 Å². The third kappa shape index (κ3) is 4.44. The molecule has 3 atom stereocenters. The molecular formula is C30H32N8O2. The largest absolute Gasteiger partial charge is 0.333 e. The van der Waals surface area contributed by atoms with Crippen molar-refractivity contribution in [3.8, 4) is 0 Å². The number of carbonyl (C=O) groups excluding carboxylic acids is 2. The van der Waals surface area contributed by atoms with Gasteiger partial charge >= 0.3 is 0 Å². The van der Waals surface area contributed by atoms with E-state index < -0.39 is 12.1 Å². The molecule has 2 aliphatic heterocycles. The minimum Gasteiger partial charge on any atom is -0.333 e. The van der Waals surface area contributed by atoms with E-state index in [0.29, 0.717) is 26.2 Å².